The number of pyridine rings is 1. The van der Waals surface area contributed by atoms with Crippen LogP contribution in [0.25, 0.3) is 21.3 Å². The average Bonchev–Trinajstić information content (AvgIpc) is 2.96. The number of nitrogens with zero attached hydrogens (tertiary/aromatic N) is 1. The molecule has 0 radical (unpaired) electrons. The van der Waals surface area contributed by atoms with Crippen molar-refractivity contribution in [1.29, 1.82) is 0 Å². The Morgan fingerprint density at radius 1 is 1.00 bits per heavy atom. The van der Waals surface area contributed by atoms with Crippen molar-refractivity contribution in [3.05, 3.63) is 51.5 Å². The SMILES string of the molecule is Cc1cccc(-c2c3c(nc4sc5c(c24)CC[C@@H](C)C5)CC[C@H](C)C3)c1. The Kier molecular flexibility index (Phi) is 3.93. The van der Waals surface area contributed by atoms with Gasteiger partial charge in [0.05, 0.1) is 0 Å². The first-order valence-corrected chi connectivity index (χ1v) is 10.9. The van der Waals surface area contributed by atoms with Gasteiger partial charge in [0.25, 0.3) is 0 Å². The first-order chi connectivity index (χ1) is 12.6. The van der Waals surface area contributed by atoms with Crippen molar-refractivity contribution in [3.63, 3.8) is 0 Å². The minimum atomic E-state index is 0.764. The highest BCUT2D eigenvalue weighted by atomic mass is 32.1. The van der Waals surface area contributed by atoms with Crippen molar-refractivity contribution >= 4 is 21.6 Å². The van der Waals surface area contributed by atoms with E-state index in [1.54, 1.807) is 16.0 Å². The molecule has 0 fully saturated rings. The van der Waals surface area contributed by atoms with E-state index in [2.05, 4.69) is 45.0 Å². The lowest BCUT2D eigenvalue weighted by molar-refractivity contribution is 0.496. The molecule has 0 unspecified atom stereocenters. The lowest BCUT2D eigenvalue weighted by Crippen LogP contribution is -2.15. The van der Waals surface area contributed by atoms with E-state index in [4.69, 9.17) is 4.98 Å². The van der Waals surface area contributed by atoms with Gasteiger partial charge in [-0.05, 0) is 79.5 Å². The van der Waals surface area contributed by atoms with E-state index in [-0.39, 0.29) is 0 Å². The summed E-state index contributed by atoms with van der Waals surface area (Å²) >= 11 is 1.98. The third kappa shape index (κ3) is 2.62. The van der Waals surface area contributed by atoms with Gasteiger partial charge in [-0.2, -0.15) is 0 Å². The molecular weight excluding hydrogens is 334 g/mol. The molecule has 0 N–H and O–H groups in total. The molecule has 0 saturated carbocycles. The van der Waals surface area contributed by atoms with Crippen LogP contribution in [0.1, 0.15) is 54.0 Å². The molecule has 2 aliphatic rings. The maximum absolute atomic E-state index is 5.21. The summed E-state index contributed by atoms with van der Waals surface area (Å²) in [5.41, 5.74) is 8.81. The first-order valence-electron chi connectivity index (χ1n) is 10.1. The third-order valence-corrected chi connectivity index (χ3v) is 7.51. The van der Waals surface area contributed by atoms with Crippen LogP contribution in [-0.2, 0) is 25.7 Å². The Morgan fingerprint density at radius 2 is 1.81 bits per heavy atom. The highest BCUT2D eigenvalue weighted by Gasteiger charge is 2.28. The van der Waals surface area contributed by atoms with Crippen molar-refractivity contribution in [2.24, 2.45) is 11.8 Å². The summed E-state index contributed by atoms with van der Waals surface area (Å²) in [5.74, 6) is 1.58. The molecule has 134 valence electrons. The van der Waals surface area contributed by atoms with Crippen molar-refractivity contribution in [2.45, 2.75) is 59.3 Å². The Hall–Kier alpha value is -1.67. The minimum Gasteiger partial charge on any atom is -0.242 e. The summed E-state index contributed by atoms with van der Waals surface area (Å²) in [7, 11) is 0. The molecule has 0 bridgehead atoms. The lowest BCUT2D eigenvalue weighted by atomic mass is 9.80. The molecule has 2 heteroatoms. The number of thiophene rings is 1. The van der Waals surface area contributed by atoms with E-state index in [1.165, 1.54) is 64.7 Å². The molecule has 2 aliphatic carbocycles. The summed E-state index contributed by atoms with van der Waals surface area (Å²) in [5, 5.41) is 1.50. The predicted octanol–water partition coefficient (Wildman–Crippen LogP) is 6.52. The molecule has 1 aromatic carbocycles. The second-order valence-electron chi connectivity index (χ2n) is 8.66. The monoisotopic (exact) mass is 361 g/mol. The van der Waals surface area contributed by atoms with Gasteiger partial charge in [0.1, 0.15) is 4.83 Å². The average molecular weight is 362 g/mol. The molecule has 2 atom stereocenters. The Morgan fingerprint density at radius 3 is 2.65 bits per heavy atom. The van der Waals surface area contributed by atoms with Crippen molar-refractivity contribution in [3.8, 4) is 11.1 Å². The summed E-state index contributed by atoms with van der Waals surface area (Å²) in [6.07, 6.45) is 7.39. The molecule has 1 nitrogen and oxygen atoms in total. The first kappa shape index (κ1) is 16.5. The molecule has 0 aliphatic heterocycles. The number of aryl methyl sites for hydroxylation is 3. The number of aromatic nitrogens is 1. The normalized spacial score (nSPS) is 22.3. The molecule has 5 rings (SSSR count). The van der Waals surface area contributed by atoms with Crippen LogP contribution in [-0.4, -0.2) is 4.98 Å². The highest BCUT2D eigenvalue weighted by Crippen LogP contribution is 2.45. The second kappa shape index (κ2) is 6.20. The lowest BCUT2D eigenvalue weighted by Gasteiger charge is -2.25. The summed E-state index contributed by atoms with van der Waals surface area (Å²) in [6.45, 7) is 7.01. The van der Waals surface area contributed by atoms with Gasteiger partial charge in [-0.15, -0.1) is 11.3 Å². The van der Waals surface area contributed by atoms with Crippen LogP contribution in [0.15, 0.2) is 24.3 Å². The van der Waals surface area contributed by atoms with Crippen LogP contribution in [0.2, 0.25) is 0 Å². The summed E-state index contributed by atoms with van der Waals surface area (Å²) in [6, 6.07) is 9.12. The molecular formula is C24H27NS. The fourth-order valence-corrected chi connectivity index (χ4v) is 6.35. The maximum atomic E-state index is 5.21. The Bertz CT molecular complexity index is 997. The molecule has 0 amide bonds. The molecule has 2 heterocycles. The van der Waals surface area contributed by atoms with Crippen LogP contribution >= 0.6 is 11.3 Å². The van der Waals surface area contributed by atoms with E-state index < -0.39 is 0 Å². The zero-order valence-electron chi connectivity index (χ0n) is 16.1. The fourth-order valence-electron chi connectivity index (χ4n) is 4.94. The number of hydrogen-bond donors (Lipinski definition) is 0. The van der Waals surface area contributed by atoms with E-state index in [1.807, 2.05) is 11.3 Å². The van der Waals surface area contributed by atoms with Gasteiger partial charge in [-0.1, -0.05) is 43.7 Å². The Balaban J connectivity index is 1.85. The van der Waals surface area contributed by atoms with Crippen LogP contribution in [0.4, 0.5) is 0 Å². The number of fused-ring (bicyclic) bond motifs is 4. The van der Waals surface area contributed by atoms with E-state index >= 15 is 0 Å². The van der Waals surface area contributed by atoms with Crippen molar-refractivity contribution in [2.75, 3.05) is 0 Å². The molecule has 0 saturated heterocycles. The molecule has 0 spiro atoms. The standard InChI is InChI=1S/C24H27NS/c1-14-5-4-6-17(11-14)22-19-12-15(2)8-10-20(19)25-24-23(22)18-9-7-16(3)13-21(18)26-24/h4-6,11,15-16H,7-10,12-13H2,1-3H3/t15-,16+/m0/s1. The smallest absolute Gasteiger partial charge is 0.124 e. The largest absolute Gasteiger partial charge is 0.242 e. The van der Waals surface area contributed by atoms with Gasteiger partial charge in [0.2, 0.25) is 0 Å². The minimum absolute atomic E-state index is 0.764. The van der Waals surface area contributed by atoms with Gasteiger partial charge < -0.3 is 0 Å². The van der Waals surface area contributed by atoms with Crippen molar-refractivity contribution in [1.82, 2.24) is 4.98 Å². The van der Waals surface area contributed by atoms with Crippen LogP contribution in [0.5, 0.6) is 0 Å². The van der Waals surface area contributed by atoms with Crippen molar-refractivity contribution < 1.29 is 0 Å². The number of rotatable bonds is 1. The van der Waals surface area contributed by atoms with Crippen LogP contribution < -0.4 is 0 Å². The van der Waals surface area contributed by atoms with Gasteiger partial charge in [-0.25, -0.2) is 4.98 Å². The summed E-state index contributed by atoms with van der Waals surface area (Å²) < 4.78 is 0. The van der Waals surface area contributed by atoms with Gasteiger partial charge in [-0.3, -0.25) is 0 Å². The summed E-state index contributed by atoms with van der Waals surface area (Å²) in [4.78, 5) is 8.11. The predicted molar refractivity (Wildman–Crippen MR) is 112 cm³/mol. The van der Waals surface area contributed by atoms with Gasteiger partial charge in [0.15, 0.2) is 0 Å². The van der Waals surface area contributed by atoms with Gasteiger partial charge in [0, 0.05) is 16.0 Å². The molecule has 3 aromatic rings. The van der Waals surface area contributed by atoms with Crippen LogP contribution in [0, 0.1) is 18.8 Å². The fraction of sp³-hybridized carbons (Fsp3) is 0.458. The number of benzene rings is 1. The Labute approximate surface area is 160 Å². The highest BCUT2D eigenvalue weighted by molar-refractivity contribution is 7.19. The quantitative estimate of drug-likeness (QED) is 0.481. The number of hydrogen-bond acceptors (Lipinski definition) is 2. The molecule has 2 aromatic heterocycles. The van der Waals surface area contributed by atoms with E-state index in [9.17, 15) is 0 Å². The maximum Gasteiger partial charge on any atom is 0.124 e. The van der Waals surface area contributed by atoms with E-state index in [0.29, 0.717) is 0 Å². The zero-order chi connectivity index (χ0) is 17.8. The third-order valence-electron chi connectivity index (χ3n) is 6.36. The molecule has 26 heavy (non-hydrogen) atoms. The zero-order valence-corrected chi connectivity index (χ0v) is 16.9. The second-order valence-corrected chi connectivity index (χ2v) is 9.75. The van der Waals surface area contributed by atoms with E-state index in [0.717, 1.165) is 18.3 Å². The van der Waals surface area contributed by atoms with Gasteiger partial charge >= 0.3 is 0 Å². The topological polar surface area (TPSA) is 12.9 Å². The van der Waals surface area contributed by atoms with Crippen LogP contribution in [0.3, 0.4) is 0 Å².